The van der Waals surface area contributed by atoms with E-state index in [4.69, 9.17) is 0 Å². The van der Waals surface area contributed by atoms with Crippen molar-refractivity contribution in [3.63, 3.8) is 0 Å². The van der Waals surface area contributed by atoms with Crippen molar-refractivity contribution in [3.8, 4) is 11.4 Å². The van der Waals surface area contributed by atoms with Crippen LogP contribution in [0.2, 0.25) is 0 Å². The average Bonchev–Trinajstić information content (AvgIpc) is 3.63. The fraction of sp³-hybridized carbons (Fsp3) is 0. The maximum absolute atomic E-state index is 2.45. The van der Waals surface area contributed by atoms with E-state index in [1.807, 2.05) is 0 Å². The second-order valence-corrected chi connectivity index (χ2v) is 12.5. The topological polar surface area (TPSA) is 9.86 Å². The molecule has 0 aliphatic heterocycles. The Bertz CT molecular complexity index is 2690. The largest absolute Gasteiger partial charge is 0.309 e. The smallest absolute Gasteiger partial charge is 0.0541 e. The molecule has 0 spiro atoms. The molecule has 0 unspecified atom stereocenters. The molecule has 2 nitrogen and oxygen atoms in total. The minimum absolute atomic E-state index is 1.22. The summed E-state index contributed by atoms with van der Waals surface area (Å²) in [6, 6.07) is 58.2. The molecular weight excluding hydrogens is 556 g/mol. The molecule has 0 fully saturated rings. The van der Waals surface area contributed by atoms with Gasteiger partial charge >= 0.3 is 0 Å². The lowest BCUT2D eigenvalue weighted by molar-refractivity contribution is 1.20. The van der Waals surface area contributed by atoms with Crippen molar-refractivity contribution in [1.82, 2.24) is 9.13 Å². The summed E-state index contributed by atoms with van der Waals surface area (Å²) in [5.74, 6) is 0. The predicted molar refractivity (Wildman–Crippen MR) is 196 cm³/mol. The molecule has 2 aromatic heterocycles. The molecular formula is C44H26N2. The Hall–Kier alpha value is -6.12. The Balaban J connectivity index is 1.27. The van der Waals surface area contributed by atoms with Gasteiger partial charge in [-0.05, 0) is 68.7 Å². The molecule has 9 aromatic carbocycles. The number of nitrogens with zero attached hydrogens (tertiary/aromatic N) is 2. The van der Waals surface area contributed by atoms with Crippen LogP contribution < -0.4 is 0 Å². The van der Waals surface area contributed by atoms with E-state index in [0.29, 0.717) is 0 Å². The van der Waals surface area contributed by atoms with Crippen LogP contribution >= 0.6 is 0 Å². The first-order valence-corrected chi connectivity index (χ1v) is 16.0. The second-order valence-electron chi connectivity index (χ2n) is 12.5. The van der Waals surface area contributed by atoms with Gasteiger partial charge in [0.05, 0.1) is 33.4 Å². The zero-order valence-electron chi connectivity index (χ0n) is 24.9. The van der Waals surface area contributed by atoms with Gasteiger partial charge in [-0.2, -0.15) is 0 Å². The number of hydrogen-bond acceptors (Lipinski definition) is 0. The van der Waals surface area contributed by atoms with Crippen LogP contribution in [0.5, 0.6) is 0 Å². The Kier molecular flexibility index (Phi) is 4.61. The molecule has 0 radical (unpaired) electrons. The van der Waals surface area contributed by atoms with E-state index in [0.717, 1.165) is 0 Å². The highest BCUT2D eigenvalue weighted by molar-refractivity contribution is 6.34. The van der Waals surface area contributed by atoms with Crippen molar-refractivity contribution in [1.29, 1.82) is 0 Å². The van der Waals surface area contributed by atoms with E-state index in [1.54, 1.807) is 0 Å². The Morgan fingerprint density at radius 3 is 0.870 bits per heavy atom. The summed E-state index contributed by atoms with van der Waals surface area (Å²) >= 11 is 0. The SMILES string of the molecule is c1cc2c(-n3c4ccccc4c4ccccc43)ccc3c4cccc5c(-n6c7ccccc7c7ccccc76)ccc(c(c1)c23)c54. The summed E-state index contributed by atoms with van der Waals surface area (Å²) in [6.07, 6.45) is 0. The summed E-state index contributed by atoms with van der Waals surface area (Å²) in [6.45, 7) is 0. The number of aromatic nitrogens is 2. The zero-order valence-corrected chi connectivity index (χ0v) is 24.9. The first kappa shape index (κ1) is 24.2. The van der Waals surface area contributed by atoms with E-state index in [1.165, 1.54) is 98.1 Å². The molecule has 0 aliphatic rings. The molecule has 46 heavy (non-hydrogen) atoms. The summed E-state index contributed by atoms with van der Waals surface area (Å²) in [4.78, 5) is 0. The monoisotopic (exact) mass is 582 g/mol. The number of para-hydroxylation sites is 4. The Labute approximate surface area is 264 Å². The van der Waals surface area contributed by atoms with Crippen molar-refractivity contribution < 1.29 is 0 Å². The quantitative estimate of drug-likeness (QED) is 0.142. The van der Waals surface area contributed by atoms with E-state index in [2.05, 4.69) is 167 Å². The van der Waals surface area contributed by atoms with Crippen molar-refractivity contribution in [2.24, 2.45) is 0 Å². The van der Waals surface area contributed by atoms with Crippen molar-refractivity contribution >= 4 is 86.7 Å². The van der Waals surface area contributed by atoms with Crippen LogP contribution in [-0.4, -0.2) is 9.13 Å². The molecule has 2 heteroatoms. The highest BCUT2D eigenvalue weighted by atomic mass is 15.0. The number of rotatable bonds is 2. The first-order valence-electron chi connectivity index (χ1n) is 16.0. The van der Waals surface area contributed by atoms with Crippen LogP contribution in [0.15, 0.2) is 158 Å². The molecule has 212 valence electrons. The molecule has 0 amide bonds. The van der Waals surface area contributed by atoms with E-state index in [9.17, 15) is 0 Å². The Morgan fingerprint density at radius 1 is 0.217 bits per heavy atom. The normalized spacial score (nSPS) is 12.3. The lowest BCUT2D eigenvalue weighted by Gasteiger charge is -2.19. The molecule has 0 saturated carbocycles. The fourth-order valence-corrected chi connectivity index (χ4v) is 8.43. The van der Waals surface area contributed by atoms with Gasteiger partial charge in [0.1, 0.15) is 0 Å². The van der Waals surface area contributed by atoms with Gasteiger partial charge in [-0.25, -0.2) is 0 Å². The minimum atomic E-state index is 1.22. The number of benzene rings is 9. The first-order chi connectivity index (χ1) is 22.9. The molecule has 0 saturated heterocycles. The minimum Gasteiger partial charge on any atom is -0.309 e. The van der Waals surface area contributed by atoms with Gasteiger partial charge in [-0.15, -0.1) is 0 Å². The van der Waals surface area contributed by atoms with Crippen molar-refractivity contribution in [3.05, 3.63) is 158 Å². The predicted octanol–water partition coefficient (Wildman–Crippen LogP) is 11.9. The third-order valence-electron chi connectivity index (χ3n) is 10.3. The van der Waals surface area contributed by atoms with Crippen LogP contribution in [0.1, 0.15) is 0 Å². The van der Waals surface area contributed by atoms with Gasteiger partial charge in [0.25, 0.3) is 0 Å². The van der Waals surface area contributed by atoms with Gasteiger partial charge in [-0.1, -0.05) is 121 Å². The summed E-state index contributed by atoms with van der Waals surface area (Å²) in [7, 11) is 0. The van der Waals surface area contributed by atoms with Crippen LogP contribution in [-0.2, 0) is 0 Å². The summed E-state index contributed by atoms with van der Waals surface area (Å²) < 4.78 is 4.91. The van der Waals surface area contributed by atoms with Gasteiger partial charge in [-0.3, -0.25) is 0 Å². The Morgan fingerprint density at radius 2 is 0.500 bits per heavy atom. The van der Waals surface area contributed by atoms with Crippen LogP contribution in [0.4, 0.5) is 0 Å². The van der Waals surface area contributed by atoms with Crippen molar-refractivity contribution in [2.45, 2.75) is 0 Å². The van der Waals surface area contributed by atoms with Gasteiger partial charge < -0.3 is 9.13 Å². The molecule has 11 rings (SSSR count). The summed E-state index contributed by atoms with van der Waals surface area (Å²) in [5.41, 5.74) is 7.38. The third kappa shape index (κ3) is 2.96. The van der Waals surface area contributed by atoms with E-state index in [-0.39, 0.29) is 0 Å². The van der Waals surface area contributed by atoms with Gasteiger partial charge in [0.15, 0.2) is 0 Å². The van der Waals surface area contributed by atoms with Crippen molar-refractivity contribution in [2.75, 3.05) is 0 Å². The third-order valence-corrected chi connectivity index (χ3v) is 10.3. The molecule has 11 aromatic rings. The number of hydrogen-bond donors (Lipinski definition) is 0. The number of fused-ring (bicyclic) bond motifs is 8. The maximum atomic E-state index is 2.45. The molecule has 0 aliphatic carbocycles. The molecule has 0 N–H and O–H groups in total. The lowest BCUT2D eigenvalue weighted by atomic mass is 9.88. The molecule has 0 atom stereocenters. The maximum Gasteiger partial charge on any atom is 0.0541 e. The second kappa shape index (κ2) is 8.74. The molecule has 2 heterocycles. The van der Waals surface area contributed by atoms with Crippen LogP contribution in [0.3, 0.4) is 0 Å². The van der Waals surface area contributed by atoms with E-state index < -0.39 is 0 Å². The molecule has 0 bridgehead atoms. The van der Waals surface area contributed by atoms with Gasteiger partial charge in [0, 0.05) is 32.3 Å². The standard InChI is InChI=1S/C44H26N2/c1-5-19-37-27(11-1)28-12-2-6-20-38(28)45(37)41-25-23-33-32-16-10-18-36-42(26-24-34(44(32)36)31-15-9-17-35(41)43(31)33)46-39-21-7-3-13-29(39)30-14-4-8-22-40(30)46/h1-26H. The fourth-order valence-electron chi connectivity index (χ4n) is 8.43. The highest BCUT2D eigenvalue weighted by Crippen LogP contribution is 2.45. The van der Waals surface area contributed by atoms with E-state index >= 15 is 0 Å². The van der Waals surface area contributed by atoms with Crippen LogP contribution in [0, 0.1) is 0 Å². The summed E-state index contributed by atoms with van der Waals surface area (Å²) in [5, 5.41) is 15.5. The highest BCUT2D eigenvalue weighted by Gasteiger charge is 2.20. The van der Waals surface area contributed by atoms with Crippen LogP contribution in [0.25, 0.3) is 98.1 Å². The zero-order chi connectivity index (χ0) is 29.9. The van der Waals surface area contributed by atoms with Gasteiger partial charge in [0.2, 0.25) is 0 Å². The lowest BCUT2D eigenvalue weighted by Crippen LogP contribution is -1.98. The average molecular weight is 583 g/mol.